The molecule has 1 aromatic heterocycles. The highest BCUT2D eigenvalue weighted by Gasteiger charge is 2.18. The smallest absolute Gasteiger partial charge is 0.336 e. The molecule has 0 unspecified atom stereocenters. The number of carbonyl (C=O) groups is 1. The first kappa shape index (κ1) is 15.9. The predicted molar refractivity (Wildman–Crippen MR) is 80.1 cm³/mol. The molecule has 3 N–H and O–H groups in total. The second-order valence-electron chi connectivity index (χ2n) is 3.94. The van der Waals surface area contributed by atoms with E-state index in [0.29, 0.717) is 5.69 Å². The van der Waals surface area contributed by atoms with E-state index in [0.717, 1.165) is 17.4 Å². The molecule has 1 heterocycles. The number of halogens is 1. The van der Waals surface area contributed by atoms with Gasteiger partial charge < -0.3 is 10.1 Å². The number of aromatic nitrogens is 1. The predicted octanol–water partition coefficient (Wildman–Crippen LogP) is 1.38. The van der Waals surface area contributed by atoms with Crippen LogP contribution in [0, 0.1) is 0 Å². The van der Waals surface area contributed by atoms with Crippen molar-refractivity contribution in [1.82, 2.24) is 9.71 Å². The number of hydrogen-bond acceptors (Lipinski definition) is 5. The van der Waals surface area contributed by atoms with Crippen molar-refractivity contribution < 1.29 is 18.3 Å². The maximum Gasteiger partial charge on any atom is 0.336 e. The third-order valence-electron chi connectivity index (χ3n) is 2.50. The van der Waals surface area contributed by atoms with Gasteiger partial charge in [-0.3, -0.25) is 4.79 Å². The first-order valence-corrected chi connectivity index (χ1v) is 8.64. The van der Waals surface area contributed by atoms with Crippen molar-refractivity contribution in [3.05, 3.63) is 49.0 Å². The van der Waals surface area contributed by atoms with Crippen molar-refractivity contribution in [2.75, 3.05) is 0 Å². The quantitative estimate of drug-likeness (QED) is 0.710. The van der Waals surface area contributed by atoms with E-state index in [1.165, 1.54) is 17.5 Å². The van der Waals surface area contributed by atoms with Gasteiger partial charge in [0.15, 0.2) is 0 Å². The van der Waals surface area contributed by atoms with Crippen LogP contribution in [0.1, 0.15) is 16.1 Å². The number of H-pyrrole nitrogens is 1. The van der Waals surface area contributed by atoms with E-state index in [4.69, 9.17) is 5.11 Å². The van der Waals surface area contributed by atoms with E-state index in [2.05, 4.69) is 25.6 Å². The molecule has 0 aliphatic rings. The number of thiazole rings is 1. The van der Waals surface area contributed by atoms with Gasteiger partial charge in [0.25, 0.3) is 0 Å². The molecule has 0 atom stereocenters. The molecule has 112 valence electrons. The van der Waals surface area contributed by atoms with Gasteiger partial charge in [-0.15, -0.1) is 0 Å². The minimum Gasteiger partial charge on any atom is -0.478 e. The average molecular weight is 393 g/mol. The number of benzene rings is 1. The highest BCUT2D eigenvalue weighted by molar-refractivity contribution is 9.10. The summed E-state index contributed by atoms with van der Waals surface area (Å²) < 4.78 is 26.8. The highest BCUT2D eigenvalue weighted by Crippen LogP contribution is 2.21. The Morgan fingerprint density at radius 3 is 2.71 bits per heavy atom. The molecule has 0 saturated heterocycles. The fourth-order valence-electron chi connectivity index (χ4n) is 1.49. The molecule has 0 aliphatic heterocycles. The summed E-state index contributed by atoms with van der Waals surface area (Å²) in [7, 11) is -3.87. The van der Waals surface area contributed by atoms with Gasteiger partial charge in [-0.25, -0.2) is 17.9 Å². The van der Waals surface area contributed by atoms with E-state index in [-0.39, 0.29) is 26.3 Å². The van der Waals surface area contributed by atoms with Gasteiger partial charge in [0, 0.05) is 15.5 Å². The molecule has 0 amide bonds. The molecule has 21 heavy (non-hydrogen) atoms. The zero-order valence-electron chi connectivity index (χ0n) is 10.3. The number of nitrogens with one attached hydrogen (secondary N) is 2. The lowest BCUT2D eigenvalue weighted by Gasteiger charge is -2.07. The van der Waals surface area contributed by atoms with Crippen LogP contribution < -0.4 is 9.60 Å². The number of carboxylic acids is 1. The van der Waals surface area contributed by atoms with Crippen LogP contribution in [0.4, 0.5) is 0 Å². The second-order valence-corrected chi connectivity index (χ2v) is 7.41. The number of rotatable bonds is 5. The third-order valence-corrected chi connectivity index (χ3v) is 5.31. The number of sulfonamides is 1. The van der Waals surface area contributed by atoms with E-state index in [1.54, 1.807) is 0 Å². The van der Waals surface area contributed by atoms with Crippen LogP contribution in [0.2, 0.25) is 0 Å². The van der Waals surface area contributed by atoms with Gasteiger partial charge in [-0.05, 0) is 34.1 Å². The maximum atomic E-state index is 12.1. The summed E-state index contributed by atoms with van der Waals surface area (Å²) in [6, 6.07) is 3.70. The fraction of sp³-hybridized carbons (Fsp3) is 0.0909. The molecule has 0 fully saturated rings. The summed E-state index contributed by atoms with van der Waals surface area (Å²) in [5, 5.41) is 10.5. The lowest BCUT2D eigenvalue weighted by Crippen LogP contribution is -2.24. The van der Waals surface area contributed by atoms with Crippen molar-refractivity contribution in [3.63, 3.8) is 0 Å². The monoisotopic (exact) mass is 392 g/mol. The molecule has 7 nitrogen and oxygen atoms in total. The molecule has 10 heteroatoms. The van der Waals surface area contributed by atoms with E-state index in [1.807, 2.05) is 0 Å². The summed E-state index contributed by atoms with van der Waals surface area (Å²) >= 11 is 3.97. The van der Waals surface area contributed by atoms with Crippen LogP contribution in [-0.4, -0.2) is 24.5 Å². The van der Waals surface area contributed by atoms with Gasteiger partial charge in [-0.2, -0.15) is 0 Å². The molecule has 0 spiro atoms. The van der Waals surface area contributed by atoms with Gasteiger partial charge in [0.1, 0.15) is 0 Å². The molecule has 0 saturated carbocycles. The van der Waals surface area contributed by atoms with E-state index in [9.17, 15) is 18.0 Å². The molecular formula is C11H9BrN2O5S2. The molecular weight excluding hydrogens is 384 g/mol. The molecule has 2 aromatic rings. The Morgan fingerprint density at radius 1 is 1.43 bits per heavy atom. The van der Waals surface area contributed by atoms with Gasteiger partial charge in [0.2, 0.25) is 10.0 Å². The van der Waals surface area contributed by atoms with Gasteiger partial charge in [-0.1, -0.05) is 11.3 Å². The Kier molecular flexibility index (Phi) is 4.61. The van der Waals surface area contributed by atoms with Crippen LogP contribution in [-0.2, 0) is 16.6 Å². The Morgan fingerprint density at radius 2 is 2.14 bits per heavy atom. The van der Waals surface area contributed by atoms with Gasteiger partial charge >= 0.3 is 10.8 Å². The Labute approximate surface area is 131 Å². The molecule has 0 radical (unpaired) electrons. The van der Waals surface area contributed by atoms with Crippen molar-refractivity contribution in [2.45, 2.75) is 11.4 Å². The standard InChI is InChI=1S/C11H9BrN2O5S2/c12-9-2-1-7(3-8(9)10(15)16)21(18,19)13-4-6-5-20-11(17)14-6/h1-3,5,13H,4H2,(H,14,17)(H,15,16). The normalized spacial score (nSPS) is 11.5. The molecule has 0 bridgehead atoms. The minimum atomic E-state index is -3.87. The van der Waals surface area contributed by atoms with Crippen molar-refractivity contribution >= 4 is 43.3 Å². The summed E-state index contributed by atoms with van der Waals surface area (Å²) in [5.41, 5.74) is 0.283. The largest absolute Gasteiger partial charge is 0.478 e. The first-order chi connectivity index (χ1) is 9.79. The van der Waals surface area contributed by atoms with Gasteiger partial charge in [0.05, 0.1) is 17.0 Å². The van der Waals surface area contributed by atoms with Crippen LogP contribution in [0.3, 0.4) is 0 Å². The first-order valence-electron chi connectivity index (χ1n) is 5.49. The summed E-state index contributed by atoms with van der Waals surface area (Å²) in [5.74, 6) is -1.24. The van der Waals surface area contributed by atoms with Crippen LogP contribution in [0.25, 0.3) is 0 Å². The lowest BCUT2D eigenvalue weighted by atomic mass is 10.2. The van der Waals surface area contributed by atoms with Crippen LogP contribution >= 0.6 is 27.3 Å². The minimum absolute atomic E-state index is 0.0838. The Hall–Kier alpha value is -1.49. The van der Waals surface area contributed by atoms with Crippen molar-refractivity contribution in [3.8, 4) is 0 Å². The van der Waals surface area contributed by atoms with Crippen molar-refractivity contribution in [2.24, 2.45) is 0 Å². The summed E-state index contributed by atoms with van der Waals surface area (Å²) in [6.45, 7) is -0.0838. The zero-order valence-corrected chi connectivity index (χ0v) is 13.5. The number of aromatic amines is 1. The lowest BCUT2D eigenvalue weighted by molar-refractivity contribution is 0.0695. The Bertz CT molecular complexity index is 840. The van der Waals surface area contributed by atoms with E-state index < -0.39 is 16.0 Å². The molecule has 1 aromatic carbocycles. The van der Waals surface area contributed by atoms with Crippen LogP contribution in [0.15, 0.2) is 37.7 Å². The van der Waals surface area contributed by atoms with E-state index >= 15 is 0 Å². The second kappa shape index (κ2) is 6.10. The Balaban J connectivity index is 2.25. The zero-order chi connectivity index (χ0) is 15.6. The third kappa shape index (κ3) is 3.79. The van der Waals surface area contributed by atoms with Crippen LogP contribution in [0.5, 0.6) is 0 Å². The SMILES string of the molecule is O=C(O)c1cc(S(=O)(=O)NCc2csc(=O)[nH]2)ccc1Br. The number of carboxylic acid groups (broad SMARTS) is 1. The number of hydrogen-bond donors (Lipinski definition) is 3. The van der Waals surface area contributed by atoms with Crippen molar-refractivity contribution in [1.29, 1.82) is 0 Å². The average Bonchev–Trinajstić information content (AvgIpc) is 2.82. The molecule has 0 aliphatic carbocycles. The molecule has 2 rings (SSSR count). The summed E-state index contributed by atoms with van der Waals surface area (Å²) in [4.78, 5) is 24.0. The summed E-state index contributed by atoms with van der Waals surface area (Å²) in [6.07, 6.45) is 0. The topological polar surface area (TPSA) is 116 Å². The fourth-order valence-corrected chi connectivity index (χ4v) is 3.52. The number of aromatic carboxylic acids is 1. The highest BCUT2D eigenvalue weighted by atomic mass is 79.9. The maximum absolute atomic E-state index is 12.1.